The first kappa shape index (κ1) is 18.5. The lowest BCUT2D eigenvalue weighted by atomic mass is 10.1. The third-order valence-corrected chi connectivity index (χ3v) is 7.06. The summed E-state index contributed by atoms with van der Waals surface area (Å²) in [5.41, 5.74) is 7.19. The van der Waals surface area contributed by atoms with Gasteiger partial charge in [-0.3, -0.25) is 10.4 Å². The molecule has 0 amide bonds. The number of nitrogens with zero attached hydrogens (tertiary/aromatic N) is 3. The Morgan fingerprint density at radius 2 is 2.08 bits per heavy atom. The van der Waals surface area contributed by atoms with Crippen molar-refractivity contribution in [1.29, 1.82) is 0 Å². The molecule has 1 saturated heterocycles. The summed E-state index contributed by atoms with van der Waals surface area (Å²) in [5, 5.41) is 5.36. The highest BCUT2D eigenvalue weighted by Gasteiger charge is 2.31. The zero-order chi connectivity index (χ0) is 18.4. The van der Waals surface area contributed by atoms with E-state index in [4.69, 9.17) is 0 Å². The lowest BCUT2D eigenvalue weighted by molar-refractivity contribution is 0.535. The van der Waals surface area contributed by atoms with Crippen LogP contribution in [0, 0.1) is 13.8 Å². The molecule has 0 aromatic carbocycles. The topological polar surface area (TPSA) is 75.8 Å². The first-order valence-corrected chi connectivity index (χ1v) is 11.3. The fourth-order valence-electron chi connectivity index (χ4n) is 3.43. The third kappa shape index (κ3) is 4.11. The molecule has 2 aliphatic rings. The Kier molecular flexibility index (Phi) is 4.79. The number of hydrogen-bond acceptors (Lipinski definition) is 5. The van der Waals surface area contributed by atoms with Crippen molar-refractivity contribution >= 4 is 32.5 Å². The number of nitrogens with one attached hydrogen (secondary N) is 1. The molecule has 6 nitrogen and oxygen atoms in total. The van der Waals surface area contributed by atoms with Crippen molar-refractivity contribution in [2.75, 3.05) is 17.3 Å². The van der Waals surface area contributed by atoms with Gasteiger partial charge in [0, 0.05) is 28.7 Å². The van der Waals surface area contributed by atoms with Crippen LogP contribution in [-0.4, -0.2) is 46.7 Å². The van der Waals surface area contributed by atoms with Crippen molar-refractivity contribution in [3.05, 3.63) is 23.0 Å². The van der Waals surface area contributed by atoms with Gasteiger partial charge in [-0.05, 0) is 47.1 Å². The van der Waals surface area contributed by atoms with Crippen LogP contribution in [0.3, 0.4) is 0 Å². The monoisotopic (exact) mass is 382 g/mol. The van der Waals surface area contributed by atoms with E-state index in [1.54, 1.807) is 11.8 Å². The van der Waals surface area contributed by atoms with Crippen LogP contribution in [0.2, 0.25) is 0 Å². The maximum absolute atomic E-state index is 11.8. The summed E-state index contributed by atoms with van der Waals surface area (Å²) in [6.45, 7) is 10.3. The fraction of sp³-hybridized carbons (Fsp3) is 0.647. The molecule has 25 heavy (non-hydrogen) atoms. The second kappa shape index (κ2) is 6.46. The molecule has 1 aromatic rings. The number of amidine groups is 1. The van der Waals surface area contributed by atoms with E-state index < -0.39 is 9.84 Å². The van der Waals surface area contributed by atoms with Gasteiger partial charge < -0.3 is 4.57 Å². The van der Waals surface area contributed by atoms with E-state index in [1.165, 1.54) is 0 Å². The molecular formula is C17H26N4O2S2. The SMILES string of the molecule is Cc1cc(C2=NNC(=NC(C)(C)C)SC2)c(C)n1C1CCS(=O)(=O)C1. The van der Waals surface area contributed by atoms with Crippen LogP contribution in [0.25, 0.3) is 0 Å². The van der Waals surface area contributed by atoms with E-state index in [0.29, 0.717) is 6.42 Å². The molecular weight excluding hydrogens is 356 g/mol. The van der Waals surface area contributed by atoms with Crippen LogP contribution < -0.4 is 5.43 Å². The average Bonchev–Trinajstić information content (AvgIpc) is 2.97. The second-order valence-corrected chi connectivity index (χ2v) is 11.0. The summed E-state index contributed by atoms with van der Waals surface area (Å²) in [7, 11) is -2.90. The molecule has 0 saturated carbocycles. The van der Waals surface area contributed by atoms with E-state index in [-0.39, 0.29) is 23.1 Å². The molecule has 8 heteroatoms. The van der Waals surface area contributed by atoms with Gasteiger partial charge in [0.05, 0.1) is 22.8 Å². The van der Waals surface area contributed by atoms with Crippen LogP contribution in [0.15, 0.2) is 16.2 Å². The quantitative estimate of drug-likeness (QED) is 0.853. The smallest absolute Gasteiger partial charge is 0.178 e. The predicted molar refractivity (Wildman–Crippen MR) is 106 cm³/mol. The summed E-state index contributed by atoms with van der Waals surface area (Å²) >= 11 is 1.65. The third-order valence-electron chi connectivity index (χ3n) is 4.44. The van der Waals surface area contributed by atoms with Crippen LogP contribution in [0.1, 0.15) is 50.2 Å². The van der Waals surface area contributed by atoms with Crippen molar-refractivity contribution < 1.29 is 8.42 Å². The van der Waals surface area contributed by atoms with Crippen molar-refractivity contribution in [2.45, 2.75) is 52.6 Å². The van der Waals surface area contributed by atoms with E-state index in [1.807, 2.05) is 6.92 Å². The summed E-state index contributed by atoms with van der Waals surface area (Å²) in [5.74, 6) is 1.29. The summed E-state index contributed by atoms with van der Waals surface area (Å²) in [6.07, 6.45) is 0.694. The molecule has 138 valence electrons. The normalized spacial score (nSPS) is 25.1. The molecule has 1 unspecified atom stereocenters. The second-order valence-electron chi connectivity index (χ2n) is 7.76. The average molecular weight is 383 g/mol. The largest absolute Gasteiger partial charge is 0.344 e. The van der Waals surface area contributed by atoms with Gasteiger partial charge in [-0.2, -0.15) is 5.10 Å². The van der Waals surface area contributed by atoms with E-state index in [2.05, 4.69) is 53.8 Å². The zero-order valence-electron chi connectivity index (χ0n) is 15.5. The number of hydrogen-bond donors (Lipinski definition) is 1. The van der Waals surface area contributed by atoms with Gasteiger partial charge in [0.1, 0.15) is 0 Å². The lowest BCUT2D eigenvalue weighted by Crippen LogP contribution is -2.28. The van der Waals surface area contributed by atoms with Crippen LogP contribution >= 0.6 is 11.8 Å². The Hall–Kier alpha value is -1.28. The van der Waals surface area contributed by atoms with Gasteiger partial charge in [0.2, 0.25) is 0 Å². The number of aliphatic imine (C=N–C) groups is 1. The van der Waals surface area contributed by atoms with Crippen molar-refractivity contribution in [1.82, 2.24) is 9.99 Å². The Morgan fingerprint density at radius 3 is 2.60 bits per heavy atom. The molecule has 1 aromatic heterocycles. The summed E-state index contributed by atoms with van der Waals surface area (Å²) in [4.78, 5) is 4.61. The minimum Gasteiger partial charge on any atom is -0.344 e. The van der Waals surface area contributed by atoms with Crippen LogP contribution in [0.5, 0.6) is 0 Å². The van der Waals surface area contributed by atoms with Gasteiger partial charge >= 0.3 is 0 Å². The standard InChI is InChI=1S/C17H26N4O2S2/c1-11-8-14(12(2)21(11)13-6-7-25(22,23)10-13)15-9-24-16(20-19-15)18-17(3,4)5/h8,13H,6-7,9-10H2,1-5H3,(H,18,20). The maximum Gasteiger partial charge on any atom is 0.178 e. The Balaban J connectivity index is 1.86. The van der Waals surface area contributed by atoms with Gasteiger partial charge in [-0.1, -0.05) is 11.8 Å². The zero-order valence-corrected chi connectivity index (χ0v) is 17.1. The highest BCUT2D eigenvalue weighted by molar-refractivity contribution is 8.14. The molecule has 1 atom stereocenters. The van der Waals surface area contributed by atoms with Gasteiger partial charge in [-0.25, -0.2) is 8.42 Å². The molecule has 1 N–H and O–H groups in total. The van der Waals surface area contributed by atoms with Crippen molar-refractivity contribution in [3.8, 4) is 0 Å². The van der Waals surface area contributed by atoms with Gasteiger partial charge in [0.25, 0.3) is 0 Å². The molecule has 0 bridgehead atoms. The molecule has 0 radical (unpaired) electrons. The van der Waals surface area contributed by atoms with E-state index in [0.717, 1.165) is 33.6 Å². The summed E-state index contributed by atoms with van der Waals surface area (Å²) in [6, 6.07) is 2.16. The maximum atomic E-state index is 11.8. The Morgan fingerprint density at radius 1 is 1.36 bits per heavy atom. The number of hydrazone groups is 1. The number of thioether (sulfide) groups is 1. The van der Waals surface area contributed by atoms with E-state index in [9.17, 15) is 8.42 Å². The number of aromatic nitrogens is 1. The Bertz CT molecular complexity index is 845. The highest BCUT2D eigenvalue weighted by Crippen LogP contribution is 2.30. The van der Waals surface area contributed by atoms with E-state index >= 15 is 0 Å². The number of aryl methyl sites for hydroxylation is 1. The lowest BCUT2D eigenvalue weighted by Gasteiger charge is -2.20. The highest BCUT2D eigenvalue weighted by atomic mass is 32.2. The van der Waals surface area contributed by atoms with Crippen LogP contribution in [-0.2, 0) is 9.84 Å². The first-order valence-electron chi connectivity index (χ1n) is 8.50. The van der Waals surface area contributed by atoms with Crippen molar-refractivity contribution in [3.63, 3.8) is 0 Å². The fourth-order valence-corrected chi connectivity index (χ4v) is 6.07. The minimum absolute atomic E-state index is 0.0431. The molecule has 3 heterocycles. The number of sulfone groups is 1. The van der Waals surface area contributed by atoms with Gasteiger partial charge in [-0.15, -0.1) is 0 Å². The molecule has 1 fully saturated rings. The summed E-state index contributed by atoms with van der Waals surface area (Å²) < 4.78 is 25.8. The van der Waals surface area contributed by atoms with Crippen molar-refractivity contribution in [2.24, 2.45) is 10.1 Å². The molecule has 2 aliphatic heterocycles. The molecule has 0 spiro atoms. The molecule has 3 rings (SSSR count). The first-order chi connectivity index (χ1) is 11.6. The molecule has 0 aliphatic carbocycles. The van der Waals surface area contributed by atoms with Gasteiger partial charge in [0.15, 0.2) is 15.0 Å². The van der Waals surface area contributed by atoms with Crippen LogP contribution in [0.4, 0.5) is 0 Å². The number of rotatable bonds is 2. The predicted octanol–water partition coefficient (Wildman–Crippen LogP) is 2.66. The minimum atomic E-state index is -2.90. The Labute approximate surface area is 154 Å².